The molecule has 0 aromatic heterocycles. The molecule has 1 unspecified atom stereocenters. The second-order valence-corrected chi connectivity index (χ2v) is 8.25. The van der Waals surface area contributed by atoms with Crippen LogP contribution in [0.4, 0.5) is 32.0 Å². The quantitative estimate of drug-likeness (QED) is 0.420. The molecule has 1 saturated carbocycles. The zero-order valence-electron chi connectivity index (χ0n) is 17.4. The number of carbonyl (C=O) groups excluding carboxylic acids is 1. The Kier molecular flexibility index (Phi) is 6.76. The Bertz CT molecular complexity index is 929. The Morgan fingerprint density at radius 2 is 1.47 bits per heavy atom. The highest BCUT2D eigenvalue weighted by atomic mass is 19.4. The molecule has 9 heteroatoms. The summed E-state index contributed by atoms with van der Waals surface area (Å²) in [7, 11) is 0. The Labute approximate surface area is 182 Å². The number of hydrogen-bond acceptors (Lipinski definition) is 2. The van der Waals surface area contributed by atoms with Crippen molar-refractivity contribution in [2.45, 2.75) is 62.8 Å². The maximum Gasteiger partial charge on any atom is 0.416 e. The van der Waals surface area contributed by atoms with Crippen molar-refractivity contribution >= 4 is 11.6 Å². The fourth-order valence-corrected chi connectivity index (χ4v) is 4.14. The number of benzene rings is 2. The maximum absolute atomic E-state index is 13.1. The molecule has 0 bridgehead atoms. The first-order valence-corrected chi connectivity index (χ1v) is 10.3. The van der Waals surface area contributed by atoms with Gasteiger partial charge in [-0.05, 0) is 73.9 Å². The number of halogens is 6. The van der Waals surface area contributed by atoms with E-state index in [1.54, 1.807) is 0 Å². The lowest BCUT2D eigenvalue weighted by Gasteiger charge is -2.31. The molecule has 1 aliphatic carbocycles. The molecule has 0 aliphatic heterocycles. The van der Waals surface area contributed by atoms with Crippen molar-refractivity contribution in [2.75, 3.05) is 5.73 Å². The smallest absolute Gasteiger partial charge is 0.398 e. The fourth-order valence-electron chi connectivity index (χ4n) is 4.14. The van der Waals surface area contributed by atoms with E-state index in [0.29, 0.717) is 30.7 Å². The minimum absolute atomic E-state index is 0.0602. The van der Waals surface area contributed by atoms with Crippen molar-refractivity contribution in [1.82, 2.24) is 5.32 Å². The number of carbonyl (C=O) groups is 1. The number of alkyl halides is 6. The number of nitrogen functional groups attached to an aromatic ring is 1. The first-order chi connectivity index (χ1) is 14.9. The van der Waals surface area contributed by atoms with Crippen LogP contribution in [0.1, 0.15) is 66.7 Å². The molecular weight excluding hydrogens is 434 g/mol. The number of nitrogens with one attached hydrogen (secondary N) is 1. The Morgan fingerprint density at radius 3 is 1.97 bits per heavy atom. The summed E-state index contributed by atoms with van der Waals surface area (Å²) >= 11 is 0. The third-order valence-electron chi connectivity index (χ3n) is 6.01. The zero-order valence-corrected chi connectivity index (χ0v) is 17.4. The average Bonchev–Trinajstić information content (AvgIpc) is 2.72. The maximum atomic E-state index is 13.1. The molecule has 0 spiro atoms. The fraction of sp³-hybridized carbons (Fsp3) is 0.435. The molecule has 0 saturated heterocycles. The second kappa shape index (κ2) is 9.03. The van der Waals surface area contributed by atoms with Crippen molar-refractivity contribution in [3.05, 3.63) is 64.7 Å². The highest BCUT2D eigenvalue weighted by molar-refractivity contribution is 5.83. The first-order valence-electron chi connectivity index (χ1n) is 10.3. The molecular formula is C23H24F6N2O. The Morgan fingerprint density at radius 1 is 0.938 bits per heavy atom. The normalized spacial score (nSPS) is 20.6. The van der Waals surface area contributed by atoms with E-state index in [-0.39, 0.29) is 23.6 Å². The summed E-state index contributed by atoms with van der Waals surface area (Å²) in [5.41, 5.74) is 4.60. The van der Waals surface area contributed by atoms with Gasteiger partial charge >= 0.3 is 12.4 Å². The van der Waals surface area contributed by atoms with Gasteiger partial charge in [0.15, 0.2) is 0 Å². The van der Waals surface area contributed by atoms with Gasteiger partial charge in [0.2, 0.25) is 5.91 Å². The number of nitrogens with two attached hydrogens (primary N) is 1. The van der Waals surface area contributed by atoms with Gasteiger partial charge in [0.1, 0.15) is 0 Å². The molecule has 174 valence electrons. The minimum atomic E-state index is -4.95. The number of anilines is 1. The molecule has 1 atom stereocenters. The van der Waals surface area contributed by atoms with Crippen LogP contribution in [0.5, 0.6) is 0 Å². The van der Waals surface area contributed by atoms with E-state index in [2.05, 4.69) is 5.32 Å². The molecule has 3 rings (SSSR count). The molecule has 2 aromatic carbocycles. The number of para-hydroxylation sites is 1. The van der Waals surface area contributed by atoms with Crippen molar-refractivity contribution in [2.24, 2.45) is 0 Å². The molecule has 0 heterocycles. The SMILES string of the molecule is CC(C(=O)NC1CCC(c2ccccc2N)CC1)c1cc(C(F)(F)F)cc(C(F)(F)F)c1. The predicted molar refractivity (Wildman–Crippen MR) is 109 cm³/mol. The summed E-state index contributed by atoms with van der Waals surface area (Å²) in [5.74, 6) is -1.51. The Balaban J connectivity index is 1.69. The van der Waals surface area contributed by atoms with Crippen molar-refractivity contribution < 1.29 is 31.1 Å². The van der Waals surface area contributed by atoms with Crippen LogP contribution < -0.4 is 11.1 Å². The number of amides is 1. The standard InChI is InChI=1S/C23H24F6N2O/c1-13(15-10-16(22(24,25)26)12-17(11-15)23(27,28)29)21(32)31-18-8-6-14(7-9-18)19-4-2-3-5-20(19)30/h2-5,10-14,18H,6-9,30H2,1H3,(H,31,32). The Hall–Kier alpha value is -2.71. The van der Waals surface area contributed by atoms with Gasteiger partial charge in [-0.25, -0.2) is 0 Å². The third-order valence-corrected chi connectivity index (χ3v) is 6.01. The largest absolute Gasteiger partial charge is 0.416 e. The third kappa shape index (κ3) is 5.55. The molecule has 3 N–H and O–H groups in total. The lowest BCUT2D eigenvalue weighted by molar-refractivity contribution is -0.143. The van der Waals surface area contributed by atoms with Crippen LogP contribution >= 0.6 is 0 Å². The van der Waals surface area contributed by atoms with Gasteiger partial charge in [0.25, 0.3) is 0 Å². The van der Waals surface area contributed by atoms with Gasteiger partial charge in [-0.3, -0.25) is 4.79 Å². The molecule has 1 amide bonds. The summed E-state index contributed by atoms with van der Waals surface area (Å²) in [6, 6.07) is 8.63. The summed E-state index contributed by atoms with van der Waals surface area (Å²) in [4.78, 5) is 12.6. The topological polar surface area (TPSA) is 55.1 Å². The summed E-state index contributed by atoms with van der Waals surface area (Å²) < 4.78 is 78.6. The van der Waals surface area contributed by atoms with Gasteiger partial charge in [-0.15, -0.1) is 0 Å². The van der Waals surface area contributed by atoms with Crippen LogP contribution in [-0.2, 0) is 17.1 Å². The van der Waals surface area contributed by atoms with Crippen LogP contribution in [0.3, 0.4) is 0 Å². The van der Waals surface area contributed by atoms with Gasteiger partial charge < -0.3 is 11.1 Å². The lowest BCUT2D eigenvalue weighted by atomic mass is 9.81. The highest BCUT2D eigenvalue weighted by Crippen LogP contribution is 2.38. The monoisotopic (exact) mass is 458 g/mol. The van der Waals surface area contributed by atoms with Crippen molar-refractivity contribution in [1.29, 1.82) is 0 Å². The van der Waals surface area contributed by atoms with E-state index in [1.165, 1.54) is 6.92 Å². The first kappa shape index (κ1) is 23.9. The molecule has 1 fully saturated rings. The van der Waals surface area contributed by atoms with Gasteiger partial charge in [0.05, 0.1) is 17.0 Å². The number of hydrogen-bond donors (Lipinski definition) is 2. The van der Waals surface area contributed by atoms with Crippen LogP contribution in [0, 0.1) is 0 Å². The van der Waals surface area contributed by atoms with E-state index in [4.69, 9.17) is 5.73 Å². The van der Waals surface area contributed by atoms with Crippen LogP contribution in [-0.4, -0.2) is 11.9 Å². The molecule has 2 aromatic rings. The number of rotatable bonds is 4. The average molecular weight is 458 g/mol. The molecule has 32 heavy (non-hydrogen) atoms. The summed E-state index contributed by atoms with van der Waals surface area (Å²) in [5, 5.41) is 2.79. The van der Waals surface area contributed by atoms with Crippen molar-refractivity contribution in [3.8, 4) is 0 Å². The second-order valence-electron chi connectivity index (χ2n) is 8.25. The van der Waals surface area contributed by atoms with Crippen molar-refractivity contribution in [3.63, 3.8) is 0 Å². The molecule has 1 aliphatic rings. The van der Waals surface area contributed by atoms with Gasteiger partial charge in [-0.2, -0.15) is 26.3 Å². The van der Waals surface area contributed by atoms with Crippen LogP contribution in [0.25, 0.3) is 0 Å². The van der Waals surface area contributed by atoms with Gasteiger partial charge in [-0.1, -0.05) is 18.2 Å². The lowest BCUT2D eigenvalue weighted by Crippen LogP contribution is -2.39. The van der Waals surface area contributed by atoms with Crippen LogP contribution in [0.2, 0.25) is 0 Å². The van der Waals surface area contributed by atoms with Gasteiger partial charge in [0, 0.05) is 11.7 Å². The van der Waals surface area contributed by atoms with E-state index < -0.39 is 35.3 Å². The summed E-state index contributed by atoms with van der Waals surface area (Å²) in [6.07, 6.45) is -7.07. The summed E-state index contributed by atoms with van der Waals surface area (Å²) in [6.45, 7) is 1.31. The zero-order chi connectivity index (χ0) is 23.7. The van der Waals surface area contributed by atoms with E-state index in [0.717, 1.165) is 18.4 Å². The van der Waals surface area contributed by atoms with E-state index >= 15 is 0 Å². The molecule has 0 radical (unpaired) electrons. The minimum Gasteiger partial charge on any atom is -0.398 e. The highest BCUT2D eigenvalue weighted by Gasteiger charge is 2.38. The van der Waals surface area contributed by atoms with E-state index in [9.17, 15) is 31.1 Å². The van der Waals surface area contributed by atoms with Crippen LogP contribution in [0.15, 0.2) is 42.5 Å². The molecule has 3 nitrogen and oxygen atoms in total. The predicted octanol–water partition coefficient (Wildman–Crippen LogP) is 6.25. The van der Waals surface area contributed by atoms with E-state index in [1.807, 2.05) is 24.3 Å².